The molecule has 0 aliphatic carbocycles. The summed E-state index contributed by atoms with van der Waals surface area (Å²) < 4.78 is 23.3. The normalized spacial score (nSPS) is 28.0. The molecule has 0 bridgehead atoms. The number of sulfone groups is 1. The number of fused-ring (bicyclic) bond motifs is 1. The molecule has 5 nitrogen and oxygen atoms in total. The van der Waals surface area contributed by atoms with Crippen LogP contribution in [0.1, 0.15) is 24.1 Å². The van der Waals surface area contributed by atoms with Crippen LogP contribution < -0.4 is 5.32 Å². The molecule has 3 rings (SSSR count). The minimum atomic E-state index is -3.00. The van der Waals surface area contributed by atoms with E-state index >= 15 is 0 Å². The van der Waals surface area contributed by atoms with Crippen molar-refractivity contribution < 1.29 is 13.2 Å². The lowest BCUT2D eigenvalue weighted by molar-refractivity contribution is -0.135. The number of nitrogens with one attached hydrogen (secondary N) is 1. The lowest BCUT2D eigenvalue weighted by Gasteiger charge is -2.37. The van der Waals surface area contributed by atoms with Crippen molar-refractivity contribution in [2.75, 3.05) is 24.6 Å². The fourth-order valence-corrected chi connectivity index (χ4v) is 4.77. The van der Waals surface area contributed by atoms with Gasteiger partial charge in [-0.15, -0.1) is 0 Å². The molecule has 0 spiro atoms. The van der Waals surface area contributed by atoms with Gasteiger partial charge in [0.25, 0.3) is 0 Å². The molecular weight excluding hydrogens is 288 g/mol. The van der Waals surface area contributed by atoms with Gasteiger partial charge in [-0.1, -0.05) is 24.3 Å². The molecule has 2 heterocycles. The molecule has 2 aliphatic rings. The molecular formula is C15H20N2O3S. The average molecular weight is 308 g/mol. The highest BCUT2D eigenvalue weighted by atomic mass is 32.2. The Kier molecular flexibility index (Phi) is 3.75. The van der Waals surface area contributed by atoms with Crippen LogP contribution in [0.5, 0.6) is 0 Å². The van der Waals surface area contributed by atoms with Crippen LogP contribution in [0.3, 0.4) is 0 Å². The lowest BCUT2D eigenvalue weighted by Crippen LogP contribution is -2.53. The van der Waals surface area contributed by atoms with Crippen LogP contribution in [0.25, 0.3) is 0 Å². The number of hydrogen-bond acceptors (Lipinski definition) is 4. The first kappa shape index (κ1) is 14.5. The zero-order valence-electron chi connectivity index (χ0n) is 12.1. The van der Waals surface area contributed by atoms with E-state index in [9.17, 15) is 13.2 Å². The highest BCUT2D eigenvalue weighted by Gasteiger charge is 2.36. The largest absolute Gasteiger partial charge is 0.336 e. The molecule has 1 saturated heterocycles. The van der Waals surface area contributed by atoms with Gasteiger partial charge in [0.1, 0.15) is 6.04 Å². The van der Waals surface area contributed by atoms with Gasteiger partial charge in [0.15, 0.2) is 9.84 Å². The van der Waals surface area contributed by atoms with E-state index in [2.05, 4.69) is 11.4 Å². The minimum Gasteiger partial charge on any atom is -0.336 e. The Labute approximate surface area is 125 Å². The summed E-state index contributed by atoms with van der Waals surface area (Å²) in [4.78, 5) is 14.5. The molecule has 1 N–H and O–H groups in total. The molecule has 2 unspecified atom stereocenters. The summed E-state index contributed by atoms with van der Waals surface area (Å²) in [6.45, 7) is 2.87. The topological polar surface area (TPSA) is 66.5 Å². The van der Waals surface area contributed by atoms with E-state index in [0.29, 0.717) is 6.54 Å². The van der Waals surface area contributed by atoms with Crippen molar-refractivity contribution in [1.82, 2.24) is 10.2 Å². The van der Waals surface area contributed by atoms with Crippen molar-refractivity contribution in [1.29, 1.82) is 0 Å². The fourth-order valence-electron chi connectivity index (χ4n) is 3.22. The fraction of sp³-hybridized carbons (Fsp3) is 0.533. The SMILES string of the molecule is CC1CS(=O)(=O)CCN1C(=O)C1NCCc2ccccc21. The molecule has 1 aromatic carbocycles. The maximum atomic E-state index is 12.8. The first-order valence-electron chi connectivity index (χ1n) is 7.30. The van der Waals surface area contributed by atoms with E-state index in [1.165, 1.54) is 5.56 Å². The molecule has 2 atom stereocenters. The number of carbonyl (C=O) groups excluding carboxylic acids is 1. The average Bonchev–Trinajstić information content (AvgIpc) is 2.45. The highest BCUT2D eigenvalue weighted by molar-refractivity contribution is 7.91. The van der Waals surface area contributed by atoms with Crippen LogP contribution in [-0.2, 0) is 21.1 Å². The predicted molar refractivity (Wildman–Crippen MR) is 80.7 cm³/mol. The van der Waals surface area contributed by atoms with E-state index in [-0.39, 0.29) is 29.5 Å². The molecule has 1 fully saturated rings. The first-order valence-corrected chi connectivity index (χ1v) is 9.12. The molecule has 114 valence electrons. The number of carbonyl (C=O) groups is 1. The van der Waals surface area contributed by atoms with Crippen LogP contribution in [0, 0.1) is 0 Å². The van der Waals surface area contributed by atoms with Crippen molar-refractivity contribution in [3.05, 3.63) is 35.4 Å². The van der Waals surface area contributed by atoms with E-state index in [1.807, 2.05) is 25.1 Å². The summed E-state index contributed by atoms with van der Waals surface area (Å²) in [7, 11) is -3.00. The van der Waals surface area contributed by atoms with Gasteiger partial charge in [-0.3, -0.25) is 4.79 Å². The van der Waals surface area contributed by atoms with Gasteiger partial charge in [-0.2, -0.15) is 0 Å². The predicted octanol–water partition coefficient (Wildman–Crippen LogP) is 0.519. The second-order valence-electron chi connectivity index (χ2n) is 5.83. The van der Waals surface area contributed by atoms with Gasteiger partial charge >= 0.3 is 0 Å². The first-order chi connectivity index (χ1) is 9.98. The smallest absolute Gasteiger partial charge is 0.244 e. The Morgan fingerprint density at radius 1 is 1.33 bits per heavy atom. The number of rotatable bonds is 1. The third-order valence-corrected chi connectivity index (χ3v) is 6.10. The summed E-state index contributed by atoms with van der Waals surface area (Å²) in [5, 5.41) is 3.27. The van der Waals surface area contributed by atoms with E-state index < -0.39 is 9.84 Å². The Morgan fingerprint density at radius 3 is 2.86 bits per heavy atom. The zero-order chi connectivity index (χ0) is 15.0. The second-order valence-corrected chi connectivity index (χ2v) is 8.06. The number of amides is 1. The Bertz CT molecular complexity index is 657. The van der Waals surface area contributed by atoms with Crippen molar-refractivity contribution in [3.8, 4) is 0 Å². The quantitative estimate of drug-likeness (QED) is 0.821. The summed E-state index contributed by atoms with van der Waals surface area (Å²) in [5.74, 6) is 0.120. The van der Waals surface area contributed by atoms with E-state index in [1.54, 1.807) is 4.90 Å². The lowest BCUT2D eigenvalue weighted by atomic mass is 9.93. The maximum Gasteiger partial charge on any atom is 0.244 e. The van der Waals surface area contributed by atoms with Crippen molar-refractivity contribution in [3.63, 3.8) is 0 Å². The maximum absolute atomic E-state index is 12.8. The monoisotopic (exact) mass is 308 g/mol. The van der Waals surface area contributed by atoms with Crippen LogP contribution in [0.15, 0.2) is 24.3 Å². The highest BCUT2D eigenvalue weighted by Crippen LogP contribution is 2.26. The van der Waals surface area contributed by atoms with E-state index in [4.69, 9.17) is 0 Å². The minimum absolute atomic E-state index is 0.00968. The summed E-state index contributed by atoms with van der Waals surface area (Å²) in [5.41, 5.74) is 2.22. The summed E-state index contributed by atoms with van der Waals surface area (Å²) in [6.07, 6.45) is 0.921. The standard InChI is InChI=1S/C15H20N2O3S/c1-11-10-21(19,20)9-8-17(11)15(18)14-13-5-3-2-4-12(13)6-7-16-14/h2-5,11,14,16H,6-10H2,1H3. The molecule has 0 radical (unpaired) electrons. The second kappa shape index (κ2) is 5.42. The van der Waals surface area contributed by atoms with Gasteiger partial charge in [0.2, 0.25) is 5.91 Å². The molecule has 1 aromatic rings. The molecule has 0 aromatic heterocycles. The van der Waals surface area contributed by atoms with E-state index in [0.717, 1.165) is 18.5 Å². The van der Waals surface area contributed by atoms with Crippen molar-refractivity contribution >= 4 is 15.7 Å². The van der Waals surface area contributed by atoms with Crippen molar-refractivity contribution in [2.24, 2.45) is 0 Å². The van der Waals surface area contributed by atoms with Gasteiger partial charge in [-0.05, 0) is 24.5 Å². The van der Waals surface area contributed by atoms with Crippen LogP contribution >= 0.6 is 0 Å². The van der Waals surface area contributed by atoms with Gasteiger partial charge < -0.3 is 10.2 Å². The number of nitrogens with zero attached hydrogens (tertiary/aromatic N) is 1. The molecule has 0 saturated carbocycles. The summed E-state index contributed by atoms with van der Waals surface area (Å²) in [6, 6.07) is 7.36. The molecule has 21 heavy (non-hydrogen) atoms. The van der Waals surface area contributed by atoms with Crippen LogP contribution in [-0.4, -0.2) is 49.9 Å². The molecule has 6 heteroatoms. The summed E-state index contributed by atoms with van der Waals surface area (Å²) >= 11 is 0. The van der Waals surface area contributed by atoms with Gasteiger partial charge in [0, 0.05) is 19.1 Å². The van der Waals surface area contributed by atoms with Gasteiger partial charge in [0.05, 0.1) is 11.5 Å². The van der Waals surface area contributed by atoms with Crippen LogP contribution in [0.4, 0.5) is 0 Å². The molecule has 2 aliphatic heterocycles. The number of hydrogen-bond donors (Lipinski definition) is 1. The number of benzene rings is 1. The van der Waals surface area contributed by atoms with Crippen molar-refractivity contribution in [2.45, 2.75) is 25.4 Å². The Balaban J connectivity index is 1.84. The van der Waals surface area contributed by atoms with Crippen LogP contribution in [0.2, 0.25) is 0 Å². The zero-order valence-corrected chi connectivity index (χ0v) is 12.9. The third kappa shape index (κ3) is 2.82. The van der Waals surface area contributed by atoms with Gasteiger partial charge in [-0.25, -0.2) is 8.42 Å². The Morgan fingerprint density at radius 2 is 2.10 bits per heavy atom. The third-order valence-electron chi connectivity index (χ3n) is 4.31. The molecule has 1 amide bonds. The Hall–Kier alpha value is -1.40.